The lowest BCUT2D eigenvalue weighted by atomic mass is 9.91. The highest BCUT2D eigenvalue weighted by Gasteiger charge is 2.28. The van der Waals surface area contributed by atoms with Gasteiger partial charge in [-0.2, -0.15) is 11.8 Å². The van der Waals surface area contributed by atoms with E-state index in [9.17, 15) is 5.11 Å². The molecule has 1 saturated heterocycles. The number of hydrogen-bond acceptors (Lipinski definition) is 3. The number of aliphatic hydroxyl groups is 1. The topological polar surface area (TPSA) is 46.2 Å². The first-order valence-corrected chi connectivity index (χ1v) is 6.28. The second kappa shape index (κ2) is 5.23. The van der Waals surface area contributed by atoms with Gasteiger partial charge in [-0.05, 0) is 36.2 Å². The average molecular weight is 203 g/mol. The number of aliphatic hydroxyl groups excluding tert-OH is 1. The van der Waals surface area contributed by atoms with E-state index in [1.165, 1.54) is 5.75 Å². The summed E-state index contributed by atoms with van der Waals surface area (Å²) in [6.07, 6.45) is 1.79. The molecule has 78 valence electrons. The summed E-state index contributed by atoms with van der Waals surface area (Å²) in [5, 5.41) is 9.93. The van der Waals surface area contributed by atoms with Crippen LogP contribution >= 0.6 is 11.8 Å². The number of rotatable bonds is 4. The van der Waals surface area contributed by atoms with E-state index in [0.717, 1.165) is 18.6 Å². The van der Waals surface area contributed by atoms with Crippen LogP contribution < -0.4 is 5.73 Å². The van der Waals surface area contributed by atoms with Crippen LogP contribution in [-0.2, 0) is 0 Å². The Morgan fingerprint density at radius 3 is 2.69 bits per heavy atom. The highest BCUT2D eigenvalue weighted by Crippen LogP contribution is 2.28. The SMILES string of the molecule is CC(C)CC(N)C(O)C1CCSC1. The van der Waals surface area contributed by atoms with E-state index in [2.05, 4.69) is 13.8 Å². The highest BCUT2D eigenvalue weighted by molar-refractivity contribution is 7.99. The van der Waals surface area contributed by atoms with Crippen LogP contribution in [0.3, 0.4) is 0 Å². The Hall–Kier alpha value is 0.270. The first-order valence-electron chi connectivity index (χ1n) is 5.12. The molecule has 0 radical (unpaired) electrons. The van der Waals surface area contributed by atoms with Gasteiger partial charge in [-0.25, -0.2) is 0 Å². The molecule has 0 bridgehead atoms. The van der Waals surface area contributed by atoms with Crippen LogP contribution in [0.15, 0.2) is 0 Å². The molecule has 3 atom stereocenters. The third-order valence-electron chi connectivity index (χ3n) is 2.63. The lowest BCUT2D eigenvalue weighted by Crippen LogP contribution is -2.41. The Balaban J connectivity index is 2.31. The average Bonchev–Trinajstić information content (AvgIpc) is 2.53. The van der Waals surface area contributed by atoms with Crippen molar-refractivity contribution in [3.8, 4) is 0 Å². The van der Waals surface area contributed by atoms with Gasteiger partial charge < -0.3 is 10.8 Å². The van der Waals surface area contributed by atoms with E-state index in [1.54, 1.807) is 0 Å². The Kier molecular flexibility index (Phi) is 4.56. The van der Waals surface area contributed by atoms with E-state index in [4.69, 9.17) is 5.73 Å². The fourth-order valence-electron chi connectivity index (χ4n) is 1.86. The lowest BCUT2D eigenvalue weighted by molar-refractivity contribution is 0.0854. The summed E-state index contributed by atoms with van der Waals surface area (Å²) >= 11 is 1.93. The van der Waals surface area contributed by atoms with Gasteiger partial charge in [-0.1, -0.05) is 13.8 Å². The monoisotopic (exact) mass is 203 g/mol. The summed E-state index contributed by atoms with van der Waals surface area (Å²) in [5.41, 5.74) is 5.94. The number of nitrogens with two attached hydrogens (primary N) is 1. The van der Waals surface area contributed by atoms with Gasteiger partial charge in [0.25, 0.3) is 0 Å². The molecular formula is C10H21NOS. The zero-order chi connectivity index (χ0) is 9.84. The molecule has 0 aromatic rings. The molecule has 3 unspecified atom stereocenters. The Labute approximate surface area is 85.3 Å². The fourth-order valence-corrected chi connectivity index (χ4v) is 3.16. The Bertz CT molecular complexity index is 146. The molecule has 1 rings (SSSR count). The van der Waals surface area contributed by atoms with Gasteiger partial charge in [0.2, 0.25) is 0 Å². The summed E-state index contributed by atoms with van der Waals surface area (Å²) in [6.45, 7) is 4.30. The van der Waals surface area contributed by atoms with Gasteiger partial charge in [-0.3, -0.25) is 0 Å². The van der Waals surface area contributed by atoms with E-state index in [1.807, 2.05) is 11.8 Å². The maximum atomic E-state index is 9.93. The van der Waals surface area contributed by atoms with E-state index in [-0.39, 0.29) is 12.1 Å². The molecule has 1 aliphatic rings. The maximum Gasteiger partial charge on any atom is 0.0727 e. The molecule has 1 fully saturated rings. The molecule has 0 amide bonds. The molecule has 0 aromatic carbocycles. The minimum atomic E-state index is -0.280. The lowest BCUT2D eigenvalue weighted by Gasteiger charge is -2.25. The van der Waals surface area contributed by atoms with Crippen molar-refractivity contribution in [3.05, 3.63) is 0 Å². The van der Waals surface area contributed by atoms with Crippen molar-refractivity contribution < 1.29 is 5.11 Å². The van der Waals surface area contributed by atoms with Crippen molar-refractivity contribution in [1.29, 1.82) is 0 Å². The van der Waals surface area contributed by atoms with Crippen LogP contribution in [0.4, 0.5) is 0 Å². The first-order chi connectivity index (χ1) is 6.11. The molecule has 0 spiro atoms. The van der Waals surface area contributed by atoms with Crippen molar-refractivity contribution in [2.75, 3.05) is 11.5 Å². The number of thioether (sulfide) groups is 1. The fraction of sp³-hybridized carbons (Fsp3) is 1.00. The van der Waals surface area contributed by atoms with Crippen LogP contribution in [0.1, 0.15) is 26.7 Å². The van der Waals surface area contributed by atoms with Crippen LogP contribution in [0.25, 0.3) is 0 Å². The summed E-state index contributed by atoms with van der Waals surface area (Å²) < 4.78 is 0. The van der Waals surface area contributed by atoms with Gasteiger partial charge >= 0.3 is 0 Å². The van der Waals surface area contributed by atoms with E-state index in [0.29, 0.717) is 11.8 Å². The highest BCUT2D eigenvalue weighted by atomic mass is 32.2. The molecule has 3 N–H and O–H groups in total. The van der Waals surface area contributed by atoms with Gasteiger partial charge in [0.1, 0.15) is 0 Å². The summed E-state index contributed by atoms with van der Waals surface area (Å²) in [6, 6.07) is -0.0244. The van der Waals surface area contributed by atoms with Crippen molar-refractivity contribution in [2.24, 2.45) is 17.6 Å². The second-order valence-corrected chi connectivity index (χ2v) is 5.56. The van der Waals surface area contributed by atoms with Crippen molar-refractivity contribution in [3.63, 3.8) is 0 Å². The summed E-state index contributed by atoms with van der Waals surface area (Å²) in [4.78, 5) is 0. The molecule has 3 heteroatoms. The Morgan fingerprint density at radius 1 is 1.54 bits per heavy atom. The molecule has 0 aromatic heterocycles. The third-order valence-corrected chi connectivity index (χ3v) is 3.82. The normalized spacial score (nSPS) is 27.9. The molecule has 0 saturated carbocycles. The van der Waals surface area contributed by atoms with Crippen molar-refractivity contribution in [2.45, 2.75) is 38.8 Å². The largest absolute Gasteiger partial charge is 0.391 e. The van der Waals surface area contributed by atoms with E-state index >= 15 is 0 Å². The summed E-state index contributed by atoms with van der Waals surface area (Å²) in [5.74, 6) is 3.31. The van der Waals surface area contributed by atoms with Crippen LogP contribution in [0.2, 0.25) is 0 Å². The second-order valence-electron chi connectivity index (χ2n) is 4.41. The smallest absolute Gasteiger partial charge is 0.0727 e. The van der Waals surface area contributed by atoms with Crippen LogP contribution in [-0.4, -0.2) is 28.8 Å². The van der Waals surface area contributed by atoms with Crippen molar-refractivity contribution in [1.82, 2.24) is 0 Å². The quantitative estimate of drug-likeness (QED) is 0.727. The third kappa shape index (κ3) is 3.49. The van der Waals surface area contributed by atoms with E-state index < -0.39 is 0 Å². The van der Waals surface area contributed by atoms with Crippen LogP contribution in [0, 0.1) is 11.8 Å². The molecule has 13 heavy (non-hydrogen) atoms. The van der Waals surface area contributed by atoms with Gasteiger partial charge in [0, 0.05) is 6.04 Å². The number of hydrogen-bond donors (Lipinski definition) is 2. The predicted octanol–water partition coefficient (Wildman–Crippen LogP) is 1.47. The maximum absolute atomic E-state index is 9.93. The Morgan fingerprint density at radius 2 is 2.23 bits per heavy atom. The van der Waals surface area contributed by atoms with Crippen molar-refractivity contribution >= 4 is 11.8 Å². The predicted molar refractivity (Wildman–Crippen MR) is 58.9 cm³/mol. The molecule has 1 aliphatic heterocycles. The molecule has 2 nitrogen and oxygen atoms in total. The molecule has 1 heterocycles. The zero-order valence-corrected chi connectivity index (χ0v) is 9.39. The molecule has 0 aliphatic carbocycles. The van der Waals surface area contributed by atoms with Gasteiger partial charge in [-0.15, -0.1) is 0 Å². The first kappa shape index (κ1) is 11.3. The molecular weight excluding hydrogens is 182 g/mol. The summed E-state index contributed by atoms with van der Waals surface area (Å²) in [7, 11) is 0. The van der Waals surface area contributed by atoms with Crippen LogP contribution in [0.5, 0.6) is 0 Å². The minimum Gasteiger partial charge on any atom is -0.391 e. The van der Waals surface area contributed by atoms with Gasteiger partial charge in [0.15, 0.2) is 0 Å². The van der Waals surface area contributed by atoms with Gasteiger partial charge in [0.05, 0.1) is 6.10 Å². The zero-order valence-electron chi connectivity index (χ0n) is 8.57. The minimum absolute atomic E-state index is 0.0244. The standard InChI is InChI=1S/C10H21NOS/c1-7(2)5-9(11)10(12)8-3-4-13-6-8/h7-10,12H,3-6,11H2,1-2H3.